The number of carbonyl (C=O) groups is 1. The highest BCUT2D eigenvalue weighted by Crippen LogP contribution is 2.37. The minimum absolute atomic E-state index is 0.0275. The average Bonchev–Trinajstić information content (AvgIpc) is 2.40. The zero-order valence-corrected chi connectivity index (χ0v) is 11.8. The number of carboxylic acids is 1. The van der Waals surface area contributed by atoms with Gasteiger partial charge in [0.1, 0.15) is 5.82 Å². The summed E-state index contributed by atoms with van der Waals surface area (Å²) in [4.78, 5) is 21.3. The molecule has 0 radical (unpaired) electrons. The van der Waals surface area contributed by atoms with Gasteiger partial charge in [0, 0.05) is 16.0 Å². The topological polar surface area (TPSA) is 80.4 Å². The molecule has 0 aliphatic rings. The number of carboxylic acid groups (broad SMARTS) is 1. The Morgan fingerprint density at radius 3 is 2.57 bits per heavy atom. The second kappa shape index (κ2) is 6.11. The Morgan fingerprint density at radius 2 is 1.95 bits per heavy atom. The highest BCUT2D eigenvalue weighted by atomic mass is 35.5. The smallest absolute Gasteiger partial charge is 0.335 e. The second-order valence-electron chi connectivity index (χ2n) is 3.92. The molecule has 0 heterocycles. The fourth-order valence-corrected chi connectivity index (χ4v) is 2.81. The van der Waals surface area contributed by atoms with Crippen molar-refractivity contribution in [3.8, 4) is 0 Å². The molecule has 5 nitrogen and oxygen atoms in total. The van der Waals surface area contributed by atoms with E-state index >= 15 is 0 Å². The van der Waals surface area contributed by atoms with Crippen LogP contribution >= 0.6 is 23.4 Å². The van der Waals surface area contributed by atoms with E-state index < -0.39 is 16.7 Å². The molecule has 0 amide bonds. The average molecular weight is 328 g/mol. The fraction of sp³-hybridized carbons (Fsp3) is 0. The van der Waals surface area contributed by atoms with Gasteiger partial charge >= 0.3 is 5.97 Å². The lowest BCUT2D eigenvalue weighted by atomic mass is 10.2. The molecule has 0 unspecified atom stereocenters. The predicted molar refractivity (Wildman–Crippen MR) is 75.6 cm³/mol. The van der Waals surface area contributed by atoms with Crippen molar-refractivity contribution in [2.75, 3.05) is 0 Å². The normalized spacial score (nSPS) is 10.4. The van der Waals surface area contributed by atoms with Crippen LogP contribution in [0, 0.1) is 15.9 Å². The van der Waals surface area contributed by atoms with E-state index in [9.17, 15) is 19.3 Å². The number of nitro groups is 1. The maximum atomic E-state index is 13.7. The summed E-state index contributed by atoms with van der Waals surface area (Å²) in [5.41, 5.74) is -0.340. The summed E-state index contributed by atoms with van der Waals surface area (Å²) in [6.07, 6.45) is 0. The van der Waals surface area contributed by atoms with Gasteiger partial charge in [0.25, 0.3) is 5.69 Å². The SMILES string of the molecule is O=C(O)c1ccc(F)c(Sc2cc(Cl)ccc2[N+](=O)[O-])c1. The third-order valence-corrected chi connectivity index (χ3v) is 3.83. The first kappa shape index (κ1) is 15.3. The van der Waals surface area contributed by atoms with Gasteiger partial charge in [-0.05, 0) is 30.3 Å². The Hall–Kier alpha value is -2.12. The zero-order chi connectivity index (χ0) is 15.6. The quantitative estimate of drug-likeness (QED) is 0.671. The maximum Gasteiger partial charge on any atom is 0.335 e. The van der Waals surface area contributed by atoms with Crippen LogP contribution in [0.5, 0.6) is 0 Å². The number of halogens is 2. The van der Waals surface area contributed by atoms with Gasteiger partial charge in [0.2, 0.25) is 0 Å². The first-order valence-electron chi connectivity index (χ1n) is 5.53. The molecule has 21 heavy (non-hydrogen) atoms. The summed E-state index contributed by atoms with van der Waals surface area (Å²) in [7, 11) is 0. The van der Waals surface area contributed by atoms with Crippen molar-refractivity contribution in [3.05, 3.63) is 62.9 Å². The molecule has 0 spiro atoms. The van der Waals surface area contributed by atoms with E-state index in [0.29, 0.717) is 0 Å². The van der Waals surface area contributed by atoms with Crippen molar-refractivity contribution in [1.82, 2.24) is 0 Å². The summed E-state index contributed by atoms with van der Waals surface area (Å²) in [6.45, 7) is 0. The van der Waals surface area contributed by atoms with Gasteiger partial charge in [-0.15, -0.1) is 0 Å². The van der Waals surface area contributed by atoms with E-state index in [4.69, 9.17) is 16.7 Å². The van der Waals surface area contributed by atoms with Gasteiger partial charge < -0.3 is 5.11 Å². The summed E-state index contributed by atoms with van der Waals surface area (Å²) >= 11 is 6.54. The number of rotatable bonds is 4. The molecule has 0 atom stereocenters. The number of aromatic carboxylic acids is 1. The van der Waals surface area contributed by atoms with E-state index in [2.05, 4.69) is 0 Å². The van der Waals surface area contributed by atoms with Crippen molar-refractivity contribution < 1.29 is 19.2 Å². The largest absolute Gasteiger partial charge is 0.478 e. The van der Waals surface area contributed by atoms with Crippen LogP contribution in [0.4, 0.5) is 10.1 Å². The third kappa shape index (κ3) is 3.50. The van der Waals surface area contributed by atoms with Crippen LogP contribution < -0.4 is 0 Å². The zero-order valence-electron chi connectivity index (χ0n) is 10.2. The van der Waals surface area contributed by atoms with E-state index in [1.165, 1.54) is 18.2 Å². The van der Waals surface area contributed by atoms with Gasteiger partial charge in [-0.3, -0.25) is 10.1 Å². The first-order chi connectivity index (χ1) is 9.88. The van der Waals surface area contributed by atoms with E-state index in [-0.39, 0.29) is 26.1 Å². The van der Waals surface area contributed by atoms with E-state index in [1.54, 1.807) is 0 Å². The van der Waals surface area contributed by atoms with Crippen molar-refractivity contribution in [1.29, 1.82) is 0 Å². The van der Waals surface area contributed by atoms with Gasteiger partial charge in [0.15, 0.2) is 0 Å². The van der Waals surface area contributed by atoms with Crippen molar-refractivity contribution in [2.24, 2.45) is 0 Å². The second-order valence-corrected chi connectivity index (χ2v) is 5.44. The monoisotopic (exact) mass is 327 g/mol. The van der Waals surface area contributed by atoms with Crippen molar-refractivity contribution in [2.45, 2.75) is 9.79 Å². The maximum absolute atomic E-state index is 13.7. The van der Waals surface area contributed by atoms with E-state index in [1.807, 2.05) is 0 Å². The molecule has 0 saturated carbocycles. The minimum atomic E-state index is -1.21. The number of hydrogen-bond acceptors (Lipinski definition) is 4. The molecule has 0 aromatic heterocycles. The third-order valence-electron chi connectivity index (χ3n) is 2.52. The molecule has 0 saturated heterocycles. The Balaban J connectivity index is 2.47. The highest BCUT2D eigenvalue weighted by Gasteiger charge is 2.18. The molecule has 8 heteroatoms. The van der Waals surface area contributed by atoms with Gasteiger partial charge in [-0.1, -0.05) is 23.4 Å². The Bertz CT molecular complexity index is 738. The fourth-order valence-electron chi connectivity index (χ4n) is 1.55. The van der Waals surface area contributed by atoms with Crippen LogP contribution in [0.2, 0.25) is 5.02 Å². The predicted octanol–water partition coefficient (Wildman–Crippen LogP) is 4.24. The number of nitrogens with zero attached hydrogens (tertiary/aromatic N) is 1. The molecule has 0 aliphatic carbocycles. The molecular weight excluding hydrogens is 321 g/mol. The summed E-state index contributed by atoms with van der Waals surface area (Å²) in [6, 6.07) is 7.14. The molecule has 0 fully saturated rings. The molecule has 108 valence electrons. The molecule has 2 rings (SSSR count). The van der Waals surface area contributed by atoms with Gasteiger partial charge in [-0.25, -0.2) is 9.18 Å². The molecule has 1 N–H and O–H groups in total. The number of hydrogen-bond donors (Lipinski definition) is 1. The van der Waals surface area contributed by atoms with E-state index in [0.717, 1.165) is 30.0 Å². The number of nitro benzene ring substituents is 1. The lowest BCUT2D eigenvalue weighted by Gasteiger charge is -2.06. The standard InChI is InChI=1S/C13H7ClFNO4S/c14-8-2-4-10(16(19)20)12(6-8)21-11-5-7(13(17)18)1-3-9(11)15/h1-6H,(H,17,18). The minimum Gasteiger partial charge on any atom is -0.478 e. The summed E-state index contributed by atoms with van der Waals surface area (Å²) < 4.78 is 13.7. The van der Waals surface area contributed by atoms with Gasteiger partial charge in [0.05, 0.1) is 15.4 Å². The molecule has 0 bridgehead atoms. The van der Waals surface area contributed by atoms with Crippen molar-refractivity contribution in [3.63, 3.8) is 0 Å². The van der Waals surface area contributed by atoms with Crippen LogP contribution in [-0.2, 0) is 0 Å². The van der Waals surface area contributed by atoms with Gasteiger partial charge in [-0.2, -0.15) is 0 Å². The van der Waals surface area contributed by atoms with Crippen LogP contribution in [0.1, 0.15) is 10.4 Å². The number of benzene rings is 2. The van der Waals surface area contributed by atoms with Crippen LogP contribution in [-0.4, -0.2) is 16.0 Å². The molecule has 2 aromatic carbocycles. The first-order valence-corrected chi connectivity index (χ1v) is 6.72. The lowest BCUT2D eigenvalue weighted by Crippen LogP contribution is -1.97. The highest BCUT2D eigenvalue weighted by molar-refractivity contribution is 7.99. The van der Waals surface area contributed by atoms with Crippen molar-refractivity contribution >= 4 is 35.0 Å². The van der Waals surface area contributed by atoms with Crippen LogP contribution in [0.25, 0.3) is 0 Å². The Kier molecular flexibility index (Phi) is 4.44. The molecule has 2 aromatic rings. The Labute approximate surface area is 127 Å². The summed E-state index contributed by atoms with van der Waals surface area (Å²) in [5.74, 6) is -1.88. The summed E-state index contributed by atoms with van der Waals surface area (Å²) in [5, 5.41) is 20.1. The van der Waals surface area contributed by atoms with Crippen LogP contribution in [0.3, 0.4) is 0 Å². The Morgan fingerprint density at radius 1 is 1.24 bits per heavy atom. The van der Waals surface area contributed by atoms with Crippen LogP contribution in [0.15, 0.2) is 46.2 Å². The lowest BCUT2D eigenvalue weighted by molar-refractivity contribution is -0.387. The molecular formula is C13H7ClFNO4S. The molecule has 0 aliphatic heterocycles.